The first kappa shape index (κ1) is 10.5. The lowest BCUT2D eigenvalue weighted by molar-refractivity contribution is -0.116. The number of amides is 1. The molecule has 1 aromatic rings. The molecule has 0 aromatic heterocycles. The van der Waals surface area contributed by atoms with Gasteiger partial charge in [0, 0.05) is 26.1 Å². The van der Waals surface area contributed by atoms with Gasteiger partial charge in [-0.25, -0.2) is 4.39 Å². The average molecular weight is 235 g/mol. The third-order valence-corrected chi connectivity index (χ3v) is 3.31. The summed E-state index contributed by atoms with van der Waals surface area (Å²) in [5.74, 6) is -0.272. The quantitative estimate of drug-likeness (QED) is 0.703. The summed E-state index contributed by atoms with van der Waals surface area (Å²) < 4.78 is 13.3. The molecule has 4 nitrogen and oxygen atoms in total. The summed E-state index contributed by atoms with van der Waals surface area (Å²) in [4.78, 5) is 13.8. The van der Waals surface area contributed by atoms with Crippen molar-refractivity contribution in [1.82, 2.24) is 5.32 Å². The van der Waals surface area contributed by atoms with E-state index in [4.69, 9.17) is 0 Å². The van der Waals surface area contributed by atoms with Crippen LogP contribution in [0.25, 0.3) is 0 Å². The van der Waals surface area contributed by atoms with E-state index in [1.807, 2.05) is 0 Å². The van der Waals surface area contributed by atoms with Crippen molar-refractivity contribution < 1.29 is 9.18 Å². The molecule has 0 radical (unpaired) electrons. The minimum Gasteiger partial charge on any atom is -0.364 e. The van der Waals surface area contributed by atoms with E-state index >= 15 is 0 Å². The number of piperazine rings is 1. The number of nitrogens with one attached hydrogen (secondary N) is 2. The zero-order valence-corrected chi connectivity index (χ0v) is 9.37. The van der Waals surface area contributed by atoms with Crippen LogP contribution in [0.4, 0.5) is 15.8 Å². The second-order valence-corrected chi connectivity index (χ2v) is 4.47. The van der Waals surface area contributed by atoms with Crippen LogP contribution in [0.5, 0.6) is 0 Å². The van der Waals surface area contributed by atoms with Crippen molar-refractivity contribution in [2.45, 2.75) is 12.5 Å². The molecule has 2 N–H and O–H groups in total. The first-order valence-corrected chi connectivity index (χ1v) is 5.81. The van der Waals surface area contributed by atoms with Gasteiger partial charge in [0.2, 0.25) is 5.91 Å². The predicted molar refractivity (Wildman–Crippen MR) is 63.7 cm³/mol. The largest absolute Gasteiger partial charge is 0.364 e. The molecule has 1 unspecified atom stereocenters. The third-order valence-electron chi connectivity index (χ3n) is 3.31. The minimum atomic E-state index is -0.266. The van der Waals surface area contributed by atoms with E-state index in [9.17, 15) is 9.18 Å². The van der Waals surface area contributed by atoms with Crippen LogP contribution in [0, 0.1) is 5.82 Å². The molecule has 1 amide bonds. The first-order chi connectivity index (χ1) is 8.24. The molecule has 5 heteroatoms. The highest BCUT2D eigenvalue weighted by molar-refractivity contribution is 5.96. The molecule has 0 bridgehead atoms. The maximum Gasteiger partial charge on any atom is 0.226 e. The molecule has 0 aliphatic carbocycles. The fraction of sp³-hybridized carbons (Fsp3) is 0.417. The van der Waals surface area contributed by atoms with E-state index in [-0.39, 0.29) is 17.8 Å². The van der Waals surface area contributed by atoms with Gasteiger partial charge in [-0.05, 0) is 18.2 Å². The van der Waals surface area contributed by atoms with Crippen molar-refractivity contribution >= 4 is 17.3 Å². The molecular weight excluding hydrogens is 221 g/mol. The van der Waals surface area contributed by atoms with Crippen molar-refractivity contribution in [2.24, 2.45) is 0 Å². The van der Waals surface area contributed by atoms with Crippen LogP contribution in [0.2, 0.25) is 0 Å². The van der Waals surface area contributed by atoms with Gasteiger partial charge in [0.05, 0.1) is 17.4 Å². The van der Waals surface area contributed by atoms with Crippen LogP contribution in [0.1, 0.15) is 6.42 Å². The lowest BCUT2D eigenvalue weighted by Gasteiger charge is -2.36. The van der Waals surface area contributed by atoms with E-state index in [2.05, 4.69) is 15.5 Å². The maximum absolute atomic E-state index is 13.3. The zero-order chi connectivity index (χ0) is 11.8. The van der Waals surface area contributed by atoms with Gasteiger partial charge in [0.25, 0.3) is 0 Å². The van der Waals surface area contributed by atoms with Crippen LogP contribution in [-0.4, -0.2) is 31.6 Å². The van der Waals surface area contributed by atoms with Gasteiger partial charge in [0.1, 0.15) is 5.82 Å². The highest BCUT2D eigenvalue weighted by Gasteiger charge is 2.29. The molecule has 1 saturated heterocycles. The number of rotatable bonds is 0. The summed E-state index contributed by atoms with van der Waals surface area (Å²) >= 11 is 0. The van der Waals surface area contributed by atoms with Gasteiger partial charge >= 0.3 is 0 Å². The van der Waals surface area contributed by atoms with Gasteiger partial charge in [-0.1, -0.05) is 0 Å². The Balaban J connectivity index is 2.07. The van der Waals surface area contributed by atoms with Crippen molar-refractivity contribution in [3.05, 3.63) is 24.0 Å². The maximum atomic E-state index is 13.3. The molecule has 2 aliphatic rings. The summed E-state index contributed by atoms with van der Waals surface area (Å²) in [6, 6.07) is 4.63. The van der Waals surface area contributed by atoms with Crippen LogP contribution < -0.4 is 15.5 Å². The van der Waals surface area contributed by atoms with Crippen molar-refractivity contribution in [3.8, 4) is 0 Å². The number of hydrogen-bond donors (Lipinski definition) is 2. The lowest BCUT2D eigenvalue weighted by atomic mass is 10.1. The number of benzene rings is 1. The highest BCUT2D eigenvalue weighted by Crippen LogP contribution is 2.32. The van der Waals surface area contributed by atoms with Gasteiger partial charge in [-0.15, -0.1) is 0 Å². The van der Waals surface area contributed by atoms with E-state index in [1.54, 1.807) is 6.07 Å². The Bertz CT molecular complexity index is 463. The van der Waals surface area contributed by atoms with Crippen LogP contribution in [0.3, 0.4) is 0 Å². The summed E-state index contributed by atoms with van der Waals surface area (Å²) in [5.41, 5.74) is 1.50. The Morgan fingerprint density at radius 2 is 2.29 bits per heavy atom. The van der Waals surface area contributed by atoms with E-state index in [1.165, 1.54) is 12.1 Å². The number of carbonyl (C=O) groups is 1. The molecule has 0 spiro atoms. The number of fused-ring (bicyclic) bond motifs is 3. The smallest absolute Gasteiger partial charge is 0.226 e. The minimum absolute atomic E-state index is 0.00550. The Labute approximate surface area is 98.8 Å². The number of carbonyl (C=O) groups excluding carboxylic acids is 1. The Morgan fingerprint density at radius 1 is 1.41 bits per heavy atom. The Hall–Kier alpha value is -1.62. The van der Waals surface area contributed by atoms with Crippen LogP contribution in [-0.2, 0) is 4.79 Å². The average Bonchev–Trinajstić information content (AvgIpc) is 2.45. The molecule has 17 heavy (non-hydrogen) atoms. The SMILES string of the molecule is O=C1CC2CNCCN2c2cc(F)ccc2N1. The van der Waals surface area contributed by atoms with E-state index < -0.39 is 0 Å². The van der Waals surface area contributed by atoms with Crippen molar-refractivity contribution in [3.63, 3.8) is 0 Å². The fourth-order valence-electron chi connectivity index (χ4n) is 2.52. The summed E-state index contributed by atoms with van der Waals surface area (Å²) in [6.45, 7) is 2.43. The molecule has 1 aromatic carbocycles. The second kappa shape index (κ2) is 4.00. The predicted octanol–water partition coefficient (Wildman–Crippen LogP) is 0.946. The standard InChI is InChI=1S/C12H14FN3O/c13-8-1-2-10-11(5-8)16-4-3-14-7-9(16)6-12(17)15-10/h1-2,5,9,14H,3-4,6-7H2,(H,15,17). The molecule has 2 aliphatic heterocycles. The molecular formula is C12H14FN3O. The second-order valence-electron chi connectivity index (χ2n) is 4.47. The van der Waals surface area contributed by atoms with Crippen molar-refractivity contribution in [1.29, 1.82) is 0 Å². The topological polar surface area (TPSA) is 44.4 Å². The molecule has 1 atom stereocenters. The van der Waals surface area contributed by atoms with Gasteiger partial charge < -0.3 is 15.5 Å². The summed E-state index contributed by atoms with van der Waals surface area (Å²) in [6.07, 6.45) is 0.448. The van der Waals surface area contributed by atoms with Crippen molar-refractivity contribution in [2.75, 3.05) is 29.9 Å². The molecule has 3 rings (SSSR count). The number of anilines is 2. The number of nitrogens with zero attached hydrogens (tertiary/aromatic N) is 1. The molecule has 1 fully saturated rings. The van der Waals surface area contributed by atoms with Gasteiger partial charge in [0.15, 0.2) is 0 Å². The highest BCUT2D eigenvalue weighted by atomic mass is 19.1. The van der Waals surface area contributed by atoms with Crippen LogP contribution in [0.15, 0.2) is 18.2 Å². The van der Waals surface area contributed by atoms with E-state index in [0.717, 1.165) is 25.3 Å². The Morgan fingerprint density at radius 3 is 3.18 bits per heavy atom. The fourth-order valence-corrected chi connectivity index (χ4v) is 2.52. The zero-order valence-electron chi connectivity index (χ0n) is 9.37. The van der Waals surface area contributed by atoms with Gasteiger partial charge in [-0.3, -0.25) is 4.79 Å². The first-order valence-electron chi connectivity index (χ1n) is 5.81. The molecule has 0 saturated carbocycles. The lowest BCUT2D eigenvalue weighted by Crippen LogP contribution is -2.51. The normalized spacial score (nSPS) is 23.5. The van der Waals surface area contributed by atoms with Crippen LogP contribution >= 0.6 is 0 Å². The summed E-state index contributed by atoms with van der Waals surface area (Å²) in [7, 11) is 0. The Kier molecular flexibility index (Phi) is 2.48. The van der Waals surface area contributed by atoms with Gasteiger partial charge in [-0.2, -0.15) is 0 Å². The molecule has 2 heterocycles. The number of halogens is 1. The van der Waals surface area contributed by atoms with E-state index in [0.29, 0.717) is 12.1 Å². The monoisotopic (exact) mass is 235 g/mol. The third kappa shape index (κ3) is 1.86. The summed E-state index contributed by atoms with van der Waals surface area (Å²) in [5, 5.41) is 6.09. The molecule has 90 valence electrons. The number of hydrogen-bond acceptors (Lipinski definition) is 3.